The van der Waals surface area contributed by atoms with Crippen molar-refractivity contribution in [3.05, 3.63) is 33.6 Å². The third kappa shape index (κ3) is 4.13. The first-order chi connectivity index (χ1) is 9.90. The molecule has 8 nitrogen and oxygen atoms in total. The summed E-state index contributed by atoms with van der Waals surface area (Å²) in [4.78, 5) is 33.0. The largest absolute Gasteiger partial charge is 0.386 e. The van der Waals surface area contributed by atoms with Crippen molar-refractivity contribution in [2.24, 2.45) is 0 Å². The molecular weight excluding hydrogens is 283 g/mol. The normalized spacial score (nSPS) is 9.86. The molecule has 114 valence electrons. The molecule has 3 N–H and O–H groups in total. The number of halogens is 1. The maximum Gasteiger partial charge on any atom is 0.285 e. The predicted octanol–water partition coefficient (Wildman–Crippen LogP) is 0.641. The smallest absolute Gasteiger partial charge is 0.285 e. The zero-order valence-electron chi connectivity index (χ0n) is 11.5. The lowest BCUT2D eigenvalue weighted by Crippen LogP contribution is -2.29. The van der Waals surface area contributed by atoms with Crippen molar-refractivity contribution < 1.29 is 18.9 Å². The average Bonchev–Trinajstić information content (AvgIpc) is 2.46. The lowest BCUT2D eigenvalue weighted by atomic mass is 10.1. The molecule has 0 spiro atoms. The highest BCUT2D eigenvalue weighted by Gasteiger charge is 2.23. The van der Waals surface area contributed by atoms with Crippen LogP contribution in [0.1, 0.15) is 16.8 Å². The minimum Gasteiger partial charge on any atom is -0.386 e. The number of rotatable bonds is 6. The van der Waals surface area contributed by atoms with Crippen LogP contribution in [0.4, 0.5) is 15.8 Å². The first-order valence-electron chi connectivity index (χ1n) is 6.05. The molecule has 0 radical (unpaired) electrons. The molecule has 0 fully saturated rings. The first kappa shape index (κ1) is 16.3. The maximum absolute atomic E-state index is 13.5. The number of carbonyl (C=O) groups excluding carboxylic acids is 2. The maximum atomic E-state index is 13.5. The van der Waals surface area contributed by atoms with E-state index in [9.17, 15) is 24.1 Å². The Bertz CT molecular complexity index is 577. The second kappa shape index (κ2) is 7.17. The van der Waals surface area contributed by atoms with Gasteiger partial charge in [-0.2, -0.15) is 0 Å². The highest BCUT2D eigenvalue weighted by atomic mass is 19.1. The number of benzene rings is 1. The molecule has 1 rings (SSSR count). The van der Waals surface area contributed by atoms with Gasteiger partial charge in [-0.15, -0.1) is 0 Å². The standard InChI is InChI=1S/C12H15FN4O4/c1-14-9-5-7(10(17(20)21)6-8(9)13)12(19)16-4-3-11(18)15-2/h5-6,14H,3-4H2,1-2H3,(H,15,18)(H,16,19). The molecule has 2 amide bonds. The topological polar surface area (TPSA) is 113 Å². The summed E-state index contributed by atoms with van der Waals surface area (Å²) in [7, 11) is 2.88. The van der Waals surface area contributed by atoms with Crippen LogP contribution in [0.25, 0.3) is 0 Å². The quantitative estimate of drug-likeness (QED) is 0.527. The van der Waals surface area contributed by atoms with E-state index in [1.165, 1.54) is 14.1 Å². The van der Waals surface area contributed by atoms with Crippen LogP contribution >= 0.6 is 0 Å². The number of anilines is 1. The van der Waals surface area contributed by atoms with Crippen LogP contribution in [0.3, 0.4) is 0 Å². The number of carbonyl (C=O) groups is 2. The number of hydrogen-bond acceptors (Lipinski definition) is 5. The molecule has 9 heteroatoms. The van der Waals surface area contributed by atoms with Crippen molar-refractivity contribution in [3.8, 4) is 0 Å². The van der Waals surface area contributed by atoms with Crippen LogP contribution in [0.15, 0.2) is 12.1 Å². The number of nitro benzene ring substituents is 1. The molecule has 1 aromatic rings. The molecule has 0 aliphatic heterocycles. The molecule has 0 aliphatic carbocycles. The van der Waals surface area contributed by atoms with Gasteiger partial charge >= 0.3 is 0 Å². The molecule has 1 aromatic carbocycles. The van der Waals surface area contributed by atoms with E-state index in [2.05, 4.69) is 16.0 Å². The second-order valence-electron chi connectivity index (χ2n) is 4.04. The second-order valence-corrected chi connectivity index (χ2v) is 4.04. The summed E-state index contributed by atoms with van der Waals surface area (Å²) in [6.07, 6.45) is 0.0378. The number of nitrogens with one attached hydrogen (secondary N) is 3. The molecule has 21 heavy (non-hydrogen) atoms. The first-order valence-corrected chi connectivity index (χ1v) is 6.05. The van der Waals surface area contributed by atoms with Gasteiger partial charge in [-0.1, -0.05) is 0 Å². The molecule has 0 aliphatic rings. The van der Waals surface area contributed by atoms with Crippen molar-refractivity contribution >= 4 is 23.2 Å². The number of amides is 2. The van der Waals surface area contributed by atoms with Gasteiger partial charge in [0.15, 0.2) is 5.82 Å². The fraction of sp³-hybridized carbons (Fsp3) is 0.333. The molecule has 0 atom stereocenters. The number of hydrogen-bond donors (Lipinski definition) is 3. The van der Waals surface area contributed by atoms with Crippen molar-refractivity contribution in [1.29, 1.82) is 0 Å². The van der Waals surface area contributed by atoms with E-state index in [1.807, 2.05) is 0 Å². The SMILES string of the molecule is CNC(=O)CCNC(=O)c1cc(NC)c(F)cc1[N+](=O)[O-]. The molecule has 0 saturated carbocycles. The van der Waals surface area contributed by atoms with E-state index < -0.39 is 22.3 Å². The summed E-state index contributed by atoms with van der Waals surface area (Å²) in [6.45, 7) is 0.0158. The van der Waals surface area contributed by atoms with E-state index in [4.69, 9.17) is 0 Å². The summed E-state index contributed by atoms with van der Waals surface area (Å²) < 4.78 is 13.5. The monoisotopic (exact) mass is 298 g/mol. The van der Waals surface area contributed by atoms with Crippen molar-refractivity contribution in [2.75, 3.05) is 26.0 Å². The van der Waals surface area contributed by atoms with Crippen molar-refractivity contribution in [3.63, 3.8) is 0 Å². The fourth-order valence-corrected chi connectivity index (χ4v) is 1.60. The van der Waals surface area contributed by atoms with Crippen LogP contribution in [0, 0.1) is 15.9 Å². The Morgan fingerprint density at radius 2 is 2.00 bits per heavy atom. The van der Waals surface area contributed by atoms with Crippen LogP contribution in [0.2, 0.25) is 0 Å². The van der Waals surface area contributed by atoms with Gasteiger partial charge in [0.2, 0.25) is 5.91 Å². The summed E-state index contributed by atoms with van der Waals surface area (Å²) in [5.41, 5.74) is -0.941. The van der Waals surface area contributed by atoms with Crippen molar-refractivity contribution in [2.45, 2.75) is 6.42 Å². The highest BCUT2D eigenvalue weighted by molar-refractivity contribution is 5.99. The third-order valence-corrected chi connectivity index (χ3v) is 2.71. The Kier molecular flexibility index (Phi) is 5.58. The Balaban J connectivity index is 2.96. The fourth-order valence-electron chi connectivity index (χ4n) is 1.60. The third-order valence-electron chi connectivity index (χ3n) is 2.71. The number of nitro groups is 1. The van der Waals surface area contributed by atoms with E-state index in [0.29, 0.717) is 6.07 Å². The zero-order chi connectivity index (χ0) is 16.0. The summed E-state index contributed by atoms with van der Waals surface area (Å²) in [5.74, 6) is -1.85. The average molecular weight is 298 g/mol. The van der Waals surface area contributed by atoms with Gasteiger partial charge in [0.1, 0.15) is 5.56 Å². The van der Waals surface area contributed by atoms with Gasteiger partial charge in [-0.05, 0) is 6.07 Å². The van der Waals surface area contributed by atoms with Gasteiger partial charge in [-0.3, -0.25) is 19.7 Å². The predicted molar refractivity (Wildman–Crippen MR) is 73.6 cm³/mol. The number of nitrogens with zero attached hydrogens (tertiary/aromatic N) is 1. The molecule has 0 unspecified atom stereocenters. The van der Waals surface area contributed by atoms with Crippen LogP contribution in [0.5, 0.6) is 0 Å². The van der Waals surface area contributed by atoms with Crippen molar-refractivity contribution in [1.82, 2.24) is 10.6 Å². The van der Waals surface area contributed by atoms with Crippen LogP contribution < -0.4 is 16.0 Å². The Morgan fingerprint density at radius 1 is 1.33 bits per heavy atom. The van der Waals surface area contributed by atoms with E-state index in [-0.39, 0.29) is 30.1 Å². The zero-order valence-corrected chi connectivity index (χ0v) is 11.5. The summed E-state index contributed by atoms with van der Waals surface area (Å²) in [6, 6.07) is 1.74. The van der Waals surface area contributed by atoms with Gasteiger partial charge in [0, 0.05) is 27.1 Å². The molecule has 0 heterocycles. The van der Waals surface area contributed by atoms with E-state index in [0.717, 1.165) is 6.07 Å². The molecular formula is C12H15FN4O4. The molecule has 0 saturated heterocycles. The van der Waals surface area contributed by atoms with E-state index in [1.54, 1.807) is 0 Å². The lowest BCUT2D eigenvalue weighted by Gasteiger charge is -2.08. The Hall–Kier alpha value is -2.71. The highest BCUT2D eigenvalue weighted by Crippen LogP contribution is 2.25. The van der Waals surface area contributed by atoms with Gasteiger partial charge in [0.25, 0.3) is 11.6 Å². The molecule has 0 aromatic heterocycles. The minimum atomic E-state index is -0.837. The van der Waals surface area contributed by atoms with Gasteiger partial charge in [-0.25, -0.2) is 4.39 Å². The van der Waals surface area contributed by atoms with E-state index >= 15 is 0 Å². The Morgan fingerprint density at radius 3 is 2.52 bits per heavy atom. The molecule has 0 bridgehead atoms. The van der Waals surface area contributed by atoms with Gasteiger partial charge < -0.3 is 16.0 Å². The minimum absolute atomic E-state index is 0.0158. The summed E-state index contributed by atoms with van der Waals surface area (Å²) >= 11 is 0. The lowest BCUT2D eigenvalue weighted by molar-refractivity contribution is -0.385. The Labute approximate surface area is 119 Å². The van der Waals surface area contributed by atoms with Crippen LogP contribution in [-0.4, -0.2) is 37.4 Å². The van der Waals surface area contributed by atoms with Crippen LogP contribution in [-0.2, 0) is 4.79 Å². The van der Waals surface area contributed by atoms with Gasteiger partial charge in [0.05, 0.1) is 16.7 Å². The summed E-state index contributed by atoms with van der Waals surface area (Å²) in [5, 5.41) is 18.1.